The van der Waals surface area contributed by atoms with Crippen molar-refractivity contribution < 1.29 is 14.5 Å². The first kappa shape index (κ1) is 19.8. The van der Waals surface area contributed by atoms with Gasteiger partial charge in [-0.1, -0.05) is 6.92 Å². The van der Waals surface area contributed by atoms with E-state index < -0.39 is 0 Å². The van der Waals surface area contributed by atoms with Gasteiger partial charge in [0.2, 0.25) is 11.8 Å². The quantitative estimate of drug-likeness (QED) is 0.751. The first-order valence-electron chi connectivity index (χ1n) is 11.8. The summed E-state index contributed by atoms with van der Waals surface area (Å²) in [5.74, 6) is 2.36. The molecule has 0 radical (unpaired) electrons. The molecule has 0 aromatic rings. The molecule has 2 heterocycles. The lowest BCUT2D eigenvalue weighted by molar-refractivity contribution is -0.145. The molecule has 2 N–H and O–H groups in total. The molecule has 5 aliphatic rings. The van der Waals surface area contributed by atoms with Gasteiger partial charge >= 0.3 is 0 Å². The van der Waals surface area contributed by atoms with E-state index >= 15 is 0 Å². The maximum Gasteiger partial charge on any atom is 0.228 e. The highest BCUT2D eigenvalue weighted by molar-refractivity contribution is 5.85. The molecule has 29 heavy (non-hydrogen) atoms. The molecule has 2 saturated heterocycles. The largest absolute Gasteiger partial charge is 0.339 e. The minimum atomic E-state index is -0.0973. The van der Waals surface area contributed by atoms with Crippen LogP contribution in [0.2, 0.25) is 0 Å². The second-order valence-electron chi connectivity index (χ2n) is 10.4. The van der Waals surface area contributed by atoms with Gasteiger partial charge in [0.25, 0.3) is 0 Å². The predicted molar refractivity (Wildman–Crippen MR) is 108 cm³/mol. The number of fused-ring (bicyclic) bond motifs is 1. The van der Waals surface area contributed by atoms with Crippen molar-refractivity contribution in [3.05, 3.63) is 0 Å². The third kappa shape index (κ3) is 3.93. The number of carbonyl (C=O) groups is 2. The number of hydroxylamine groups is 2. The number of nitrogens with zero attached hydrogens (tertiary/aromatic N) is 2. The minimum Gasteiger partial charge on any atom is -0.339 e. The van der Waals surface area contributed by atoms with E-state index in [1.54, 1.807) is 0 Å². The fourth-order valence-corrected chi connectivity index (χ4v) is 6.10. The summed E-state index contributed by atoms with van der Waals surface area (Å²) in [6.45, 7) is 4.92. The zero-order chi connectivity index (χ0) is 20.0. The summed E-state index contributed by atoms with van der Waals surface area (Å²) in [5.41, 5.74) is 6.10. The van der Waals surface area contributed by atoms with E-state index in [-0.39, 0.29) is 11.3 Å². The Kier molecular flexibility index (Phi) is 5.33. The summed E-state index contributed by atoms with van der Waals surface area (Å²) < 4.78 is 0. The van der Waals surface area contributed by atoms with Crippen LogP contribution in [-0.4, -0.2) is 59.9 Å². The van der Waals surface area contributed by atoms with Crippen LogP contribution in [0.25, 0.3) is 0 Å². The van der Waals surface area contributed by atoms with Gasteiger partial charge in [-0.3, -0.25) is 9.59 Å². The van der Waals surface area contributed by atoms with Gasteiger partial charge in [0, 0.05) is 37.5 Å². The van der Waals surface area contributed by atoms with Crippen molar-refractivity contribution in [3.8, 4) is 0 Å². The number of rotatable bonds is 3. The third-order valence-corrected chi connectivity index (χ3v) is 8.49. The lowest BCUT2D eigenvalue weighted by Crippen LogP contribution is -2.53. The van der Waals surface area contributed by atoms with Gasteiger partial charge in [-0.2, -0.15) is 11.0 Å². The van der Waals surface area contributed by atoms with Crippen LogP contribution in [0.5, 0.6) is 0 Å². The zero-order valence-electron chi connectivity index (χ0n) is 17.7. The minimum absolute atomic E-state index is 0.0973. The second-order valence-corrected chi connectivity index (χ2v) is 10.4. The van der Waals surface area contributed by atoms with E-state index in [0.29, 0.717) is 50.1 Å². The Morgan fingerprint density at radius 1 is 0.828 bits per heavy atom. The van der Waals surface area contributed by atoms with Crippen molar-refractivity contribution in [1.29, 1.82) is 0 Å². The highest BCUT2D eigenvalue weighted by Gasteiger charge is 2.47. The normalized spacial score (nSPS) is 39.1. The Morgan fingerprint density at radius 3 is 2.14 bits per heavy atom. The molecule has 0 bridgehead atoms. The Balaban J connectivity index is 1.07. The van der Waals surface area contributed by atoms with Crippen LogP contribution in [-0.2, 0) is 14.5 Å². The monoisotopic (exact) mass is 404 g/mol. The van der Waals surface area contributed by atoms with Crippen LogP contribution in [0.1, 0.15) is 64.7 Å². The summed E-state index contributed by atoms with van der Waals surface area (Å²) in [7, 11) is 0. The Hall–Kier alpha value is -1.18. The maximum atomic E-state index is 13.1. The molecule has 5 rings (SSSR count). The molecule has 5 fully saturated rings. The number of nitrogens with one attached hydrogen (secondary N) is 2. The molecular weight excluding hydrogens is 368 g/mol. The Morgan fingerprint density at radius 2 is 1.45 bits per heavy atom. The molecule has 0 spiro atoms. The van der Waals surface area contributed by atoms with E-state index in [2.05, 4.69) is 17.9 Å². The van der Waals surface area contributed by atoms with Crippen LogP contribution in [0, 0.1) is 23.2 Å². The van der Waals surface area contributed by atoms with Crippen LogP contribution in [0.4, 0.5) is 0 Å². The fraction of sp³-hybridized carbons (Fsp3) is 0.909. The van der Waals surface area contributed by atoms with Crippen LogP contribution in [0.3, 0.4) is 0 Å². The molecular formula is C22H36N4O3. The van der Waals surface area contributed by atoms with Crippen molar-refractivity contribution >= 4 is 11.8 Å². The fourth-order valence-electron chi connectivity index (χ4n) is 6.10. The highest BCUT2D eigenvalue weighted by Crippen LogP contribution is 2.46. The van der Waals surface area contributed by atoms with Crippen LogP contribution < -0.4 is 11.0 Å². The second kappa shape index (κ2) is 7.82. The number of hydrogen-bond donors (Lipinski definition) is 2. The van der Waals surface area contributed by atoms with Crippen molar-refractivity contribution in [1.82, 2.24) is 20.8 Å². The molecule has 3 atom stereocenters. The highest BCUT2D eigenvalue weighted by atomic mass is 16.8. The summed E-state index contributed by atoms with van der Waals surface area (Å²) >= 11 is 0. The van der Waals surface area contributed by atoms with Gasteiger partial charge in [-0.05, 0) is 69.6 Å². The lowest BCUT2D eigenvalue weighted by Gasteiger charge is -2.41. The predicted octanol–water partition coefficient (Wildman–Crippen LogP) is 1.84. The summed E-state index contributed by atoms with van der Waals surface area (Å²) in [6.07, 6.45) is 10.1. The standard InChI is InChI=1S/C22H36N4O3/c1-22(8-9-22)21(28)26-12-10-25(11-13-26)20(27)16-4-2-15(3-5-16)17-6-7-18-19(14-17)24-29-23-18/h15-19,23-24H,2-14H2,1H3. The molecule has 3 aliphatic carbocycles. The Labute approximate surface area is 173 Å². The first-order chi connectivity index (χ1) is 14.0. The zero-order valence-corrected chi connectivity index (χ0v) is 17.7. The van der Waals surface area contributed by atoms with E-state index in [0.717, 1.165) is 37.5 Å². The smallest absolute Gasteiger partial charge is 0.228 e. The SMILES string of the molecule is CC1(C(=O)N2CCN(C(=O)C3CCC(C4CCC5NONC5C4)CC3)CC2)CC1. The van der Waals surface area contributed by atoms with Crippen LogP contribution in [0.15, 0.2) is 0 Å². The molecule has 162 valence electrons. The van der Waals surface area contributed by atoms with Gasteiger partial charge in [0.1, 0.15) is 0 Å². The van der Waals surface area contributed by atoms with E-state index in [9.17, 15) is 9.59 Å². The van der Waals surface area contributed by atoms with E-state index in [4.69, 9.17) is 4.94 Å². The van der Waals surface area contributed by atoms with Crippen molar-refractivity contribution in [2.45, 2.75) is 76.8 Å². The van der Waals surface area contributed by atoms with Gasteiger partial charge in [0.05, 0.1) is 12.1 Å². The summed E-state index contributed by atoms with van der Waals surface area (Å²) in [5, 5.41) is 0. The van der Waals surface area contributed by atoms with E-state index in [1.807, 2.05) is 9.80 Å². The topological polar surface area (TPSA) is 73.9 Å². The third-order valence-electron chi connectivity index (χ3n) is 8.49. The van der Waals surface area contributed by atoms with Crippen LogP contribution >= 0.6 is 0 Å². The van der Waals surface area contributed by atoms with Gasteiger partial charge < -0.3 is 9.80 Å². The van der Waals surface area contributed by atoms with Crippen molar-refractivity contribution in [3.63, 3.8) is 0 Å². The number of hydrogen-bond acceptors (Lipinski definition) is 5. The summed E-state index contributed by atoms with van der Waals surface area (Å²) in [4.78, 5) is 34.8. The lowest BCUT2D eigenvalue weighted by atomic mass is 9.69. The molecule has 7 nitrogen and oxygen atoms in total. The average Bonchev–Trinajstić information content (AvgIpc) is 3.34. The number of piperazine rings is 1. The van der Waals surface area contributed by atoms with Crippen molar-refractivity contribution in [2.75, 3.05) is 26.2 Å². The molecule has 2 aliphatic heterocycles. The average molecular weight is 405 g/mol. The molecule has 0 aromatic heterocycles. The van der Waals surface area contributed by atoms with E-state index in [1.165, 1.54) is 32.1 Å². The maximum absolute atomic E-state index is 13.1. The van der Waals surface area contributed by atoms with Crippen molar-refractivity contribution in [2.24, 2.45) is 23.2 Å². The first-order valence-corrected chi connectivity index (χ1v) is 11.8. The Bertz CT molecular complexity index is 636. The summed E-state index contributed by atoms with van der Waals surface area (Å²) in [6, 6.07) is 0.919. The van der Waals surface area contributed by atoms with Gasteiger partial charge in [-0.15, -0.1) is 0 Å². The molecule has 0 aromatic carbocycles. The molecule has 2 amide bonds. The molecule has 3 saturated carbocycles. The molecule has 7 heteroatoms. The number of amides is 2. The molecule has 3 unspecified atom stereocenters. The van der Waals surface area contributed by atoms with Gasteiger partial charge in [0.15, 0.2) is 0 Å². The van der Waals surface area contributed by atoms with Gasteiger partial charge in [-0.25, -0.2) is 4.94 Å². The number of carbonyl (C=O) groups excluding carboxylic acids is 2.